The smallest absolute Gasteiger partial charge is 0.325 e. The minimum Gasteiger partial charge on any atom is -0.386 e. The molecule has 2 saturated heterocycles. The van der Waals surface area contributed by atoms with Crippen LogP contribution in [0.5, 0.6) is 0 Å². The molecule has 0 aromatic rings. The average Bonchev–Trinajstić information content (AvgIpc) is 2.45. The maximum Gasteiger partial charge on any atom is 0.325 e. The lowest BCUT2D eigenvalue weighted by atomic mass is 9.97. The van der Waals surface area contributed by atoms with Gasteiger partial charge in [0.25, 0.3) is 5.91 Å². The number of aliphatic hydroxyl groups is 1. The first-order valence-electron chi connectivity index (χ1n) is 4.97. The summed E-state index contributed by atoms with van der Waals surface area (Å²) >= 11 is 0. The minimum absolute atomic E-state index is 0.0518. The Balaban J connectivity index is 1.89. The van der Waals surface area contributed by atoms with E-state index in [1.54, 1.807) is 6.92 Å². The summed E-state index contributed by atoms with van der Waals surface area (Å²) in [5, 5.41) is 11.8. The van der Waals surface area contributed by atoms with E-state index in [2.05, 4.69) is 5.32 Å². The Kier molecular flexibility index (Phi) is 2.34. The fraction of sp³-hybridized carbons (Fsp3) is 0.667. The fourth-order valence-corrected chi connectivity index (χ4v) is 1.80. The molecule has 0 aromatic carbocycles. The zero-order valence-electron chi connectivity index (χ0n) is 8.89. The number of urea groups is 1. The third kappa shape index (κ3) is 1.85. The molecule has 7 nitrogen and oxygen atoms in total. The summed E-state index contributed by atoms with van der Waals surface area (Å²) in [6.07, 6.45) is 0. The Labute approximate surface area is 92.0 Å². The van der Waals surface area contributed by atoms with Crippen molar-refractivity contribution >= 4 is 17.8 Å². The van der Waals surface area contributed by atoms with Crippen molar-refractivity contribution in [3.63, 3.8) is 0 Å². The van der Waals surface area contributed by atoms with Crippen LogP contribution >= 0.6 is 0 Å². The van der Waals surface area contributed by atoms with Crippen LogP contribution in [0.4, 0.5) is 4.79 Å². The van der Waals surface area contributed by atoms with E-state index < -0.39 is 17.5 Å². The summed E-state index contributed by atoms with van der Waals surface area (Å²) in [4.78, 5) is 36.3. The summed E-state index contributed by atoms with van der Waals surface area (Å²) in [7, 11) is 0. The van der Waals surface area contributed by atoms with Gasteiger partial charge in [-0.05, 0) is 6.92 Å². The van der Waals surface area contributed by atoms with Crippen LogP contribution in [0.3, 0.4) is 0 Å². The molecular formula is C9H13N3O4. The lowest BCUT2D eigenvalue weighted by molar-refractivity contribution is -0.154. The molecule has 2 aliphatic heterocycles. The Hall–Kier alpha value is -1.63. The molecule has 7 heteroatoms. The number of likely N-dealkylation sites (tertiary alicyclic amines) is 1. The van der Waals surface area contributed by atoms with Crippen molar-refractivity contribution < 1.29 is 19.5 Å². The fourth-order valence-electron chi connectivity index (χ4n) is 1.80. The third-order valence-corrected chi connectivity index (χ3v) is 2.65. The quantitative estimate of drug-likeness (QED) is 0.541. The van der Waals surface area contributed by atoms with Crippen molar-refractivity contribution in [3.8, 4) is 0 Å². The highest BCUT2D eigenvalue weighted by Crippen LogP contribution is 2.19. The molecule has 0 aromatic heterocycles. The van der Waals surface area contributed by atoms with Crippen molar-refractivity contribution in [3.05, 3.63) is 0 Å². The van der Waals surface area contributed by atoms with Crippen LogP contribution in [-0.4, -0.2) is 64.5 Å². The lowest BCUT2D eigenvalue weighted by Crippen LogP contribution is -2.63. The van der Waals surface area contributed by atoms with Crippen LogP contribution < -0.4 is 5.32 Å². The largest absolute Gasteiger partial charge is 0.386 e. The second kappa shape index (κ2) is 3.44. The van der Waals surface area contributed by atoms with Gasteiger partial charge in [-0.1, -0.05) is 0 Å². The standard InChI is InChI=1S/C9H13N3O4/c1-9(16)4-11(5-9)7(14)3-12-6(13)2-10-8(12)15/h16H,2-5H2,1H3,(H,10,15). The molecule has 0 atom stereocenters. The molecule has 2 fully saturated rings. The summed E-state index contributed by atoms with van der Waals surface area (Å²) in [5.41, 5.74) is -0.840. The molecule has 2 heterocycles. The molecule has 2 aliphatic rings. The van der Waals surface area contributed by atoms with E-state index >= 15 is 0 Å². The average molecular weight is 227 g/mol. The van der Waals surface area contributed by atoms with E-state index in [0.29, 0.717) is 0 Å². The number of rotatable bonds is 2. The molecule has 0 bridgehead atoms. The van der Waals surface area contributed by atoms with E-state index in [0.717, 1.165) is 4.90 Å². The summed E-state index contributed by atoms with van der Waals surface area (Å²) in [6.45, 7) is 1.82. The molecule has 16 heavy (non-hydrogen) atoms. The predicted molar refractivity (Wildman–Crippen MR) is 52.3 cm³/mol. The summed E-state index contributed by atoms with van der Waals surface area (Å²) < 4.78 is 0. The van der Waals surface area contributed by atoms with Gasteiger partial charge in [-0.3, -0.25) is 14.5 Å². The number of amides is 4. The van der Waals surface area contributed by atoms with Crippen LogP contribution in [-0.2, 0) is 9.59 Å². The van der Waals surface area contributed by atoms with Gasteiger partial charge < -0.3 is 15.3 Å². The van der Waals surface area contributed by atoms with Gasteiger partial charge in [0, 0.05) is 0 Å². The van der Waals surface area contributed by atoms with Crippen LogP contribution in [0.2, 0.25) is 0 Å². The van der Waals surface area contributed by atoms with Crippen molar-refractivity contribution in [1.29, 1.82) is 0 Å². The normalized spacial score (nSPS) is 23.1. The molecular weight excluding hydrogens is 214 g/mol. The maximum absolute atomic E-state index is 11.6. The number of nitrogens with zero attached hydrogens (tertiary/aromatic N) is 2. The van der Waals surface area contributed by atoms with Crippen LogP contribution in [0.25, 0.3) is 0 Å². The highest BCUT2D eigenvalue weighted by molar-refractivity contribution is 6.04. The van der Waals surface area contributed by atoms with Gasteiger partial charge in [-0.2, -0.15) is 0 Å². The third-order valence-electron chi connectivity index (χ3n) is 2.65. The Morgan fingerprint density at radius 2 is 2.12 bits per heavy atom. The lowest BCUT2D eigenvalue weighted by Gasteiger charge is -2.44. The first-order chi connectivity index (χ1) is 7.39. The maximum atomic E-state index is 11.6. The molecule has 0 radical (unpaired) electrons. The van der Waals surface area contributed by atoms with Gasteiger partial charge >= 0.3 is 6.03 Å². The monoisotopic (exact) mass is 227 g/mol. The van der Waals surface area contributed by atoms with Crippen LogP contribution in [0, 0.1) is 0 Å². The molecule has 2 rings (SSSR count). The molecule has 88 valence electrons. The Bertz CT molecular complexity index is 342. The van der Waals surface area contributed by atoms with Crippen LogP contribution in [0.1, 0.15) is 6.92 Å². The zero-order chi connectivity index (χ0) is 11.9. The molecule has 0 spiro atoms. The van der Waals surface area contributed by atoms with Crippen molar-refractivity contribution in [2.24, 2.45) is 0 Å². The van der Waals surface area contributed by atoms with E-state index in [1.165, 1.54) is 4.90 Å². The van der Waals surface area contributed by atoms with E-state index in [4.69, 9.17) is 0 Å². The topological polar surface area (TPSA) is 89.9 Å². The molecule has 2 N–H and O–H groups in total. The highest BCUT2D eigenvalue weighted by Gasteiger charge is 2.41. The van der Waals surface area contributed by atoms with Crippen molar-refractivity contribution in [1.82, 2.24) is 15.1 Å². The van der Waals surface area contributed by atoms with Gasteiger partial charge in [-0.25, -0.2) is 4.79 Å². The van der Waals surface area contributed by atoms with Gasteiger partial charge in [-0.15, -0.1) is 0 Å². The van der Waals surface area contributed by atoms with Gasteiger partial charge in [0.15, 0.2) is 0 Å². The first-order valence-corrected chi connectivity index (χ1v) is 4.97. The summed E-state index contributed by atoms with van der Waals surface area (Å²) in [5.74, 6) is -0.720. The number of nitrogens with one attached hydrogen (secondary N) is 1. The van der Waals surface area contributed by atoms with Gasteiger partial charge in [0.2, 0.25) is 5.91 Å². The number of imide groups is 1. The van der Waals surface area contributed by atoms with Crippen LogP contribution in [0.15, 0.2) is 0 Å². The van der Waals surface area contributed by atoms with Gasteiger partial charge in [0.1, 0.15) is 6.54 Å². The SMILES string of the molecule is CC1(O)CN(C(=O)CN2C(=O)CNC2=O)C1. The van der Waals surface area contributed by atoms with E-state index in [9.17, 15) is 19.5 Å². The number of hydrogen-bond donors (Lipinski definition) is 2. The van der Waals surface area contributed by atoms with Crippen molar-refractivity contribution in [2.45, 2.75) is 12.5 Å². The second-order valence-corrected chi connectivity index (χ2v) is 4.39. The highest BCUT2D eigenvalue weighted by atomic mass is 16.3. The Morgan fingerprint density at radius 3 is 2.56 bits per heavy atom. The zero-order valence-corrected chi connectivity index (χ0v) is 8.89. The predicted octanol–water partition coefficient (Wildman–Crippen LogP) is -1.87. The Morgan fingerprint density at radius 1 is 1.50 bits per heavy atom. The number of carbonyl (C=O) groups excluding carboxylic acids is 3. The summed E-state index contributed by atoms with van der Waals surface area (Å²) in [6, 6.07) is -0.536. The first kappa shape index (κ1) is 10.9. The van der Waals surface area contributed by atoms with E-state index in [1.807, 2.05) is 0 Å². The molecule has 0 saturated carbocycles. The molecule has 0 unspecified atom stereocenters. The second-order valence-electron chi connectivity index (χ2n) is 4.39. The minimum atomic E-state index is -0.840. The van der Waals surface area contributed by atoms with Crippen molar-refractivity contribution in [2.75, 3.05) is 26.2 Å². The number of β-amino-alcohol motifs (C(OH)–C–C–N with tert-alkyl or cyclic N) is 1. The molecule has 0 aliphatic carbocycles. The van der Waals surface area contributed by atoms with E-state index in [-0.39, 0.29) is 32.1 Å². The molecule has 4 amide bonds. The van der Waals surface area contributed by atoms with Gasteiger partial charge in [0.05, 0.1) is 25.2 Å². The number of carbonyl (C=O) groups is 3. The number of hydrogen-bond acceptors (Lipinski definition) is 4.